The minimum atomic E-state index is -0.463. The summed E-state index contributed by atoms with van der Waals surface area (Å²) in [6, 6.07) is 9.60. The Bertz CT molecular complexity index is 856. The minimum Gasteiger partial charge on any atom is -0.507 e. The van der Waals surface area contributed by atoms with Crippen LogP contribution in [0.3, 0.4) is 0 Å². The summed E-state index contributed by atoms with van der Waals surface area (Å²) in [5.74, 6) is -0.881. The lowest BCUT2D eigenvalue weighted by molar-refractivity contribution is -0.126. The topological polar surface area (TPSA) is 123 Å². The Labute approximate surface area is 177 Å². The van der Waals surface area contributed by atoms with Crippen molar-refractivity contribution in [1.29, 1.82) is 0 Å². The Morgan fingerprint density at radius 3 is 1.61 bits per heavy atom. The van der Waals surface area contributed by atoms with E-state index in [-0.39, 0.29) is 24.3 Å². The molecule has 0 heterocycles. The van der Waals surface area contributed by atoms with E-state index in [1.165, 1.54) is 24.6 Å². The van der Waals surface area contributed by atoms with Crippen molar-refractivity contribution in [1.82, 2.24) is 10.9 Å². The fourth-order valence-electron chi connectivity index (χ4n) is 1.94. The van der Waals surface area contributed by atoms with Crippen LogP contribution < -0.4 is 10.9 Å². The van der Waals surface area contributed by atoms with E-state index in [0.717, 1.165) is 8.95 Å². The van der Waals surface area contributed by atoms with Gasteiger partial charge in [-0.15, -0.1) is 0 Å². The summed E-state index contributed by atoms with van der Waals surface area (Å²) in [4.78, 5) is 23.4. The van der Waals surface area contributed by atoms with Crippen molar-refractivity contribution < 1.29 is 19.8 Å². The summed E-state index contributed by atoms with van der Waals surface area (Å²) >= 11 is 6.54. The summed E-state index contributed by atoms with van der Waals surface area (Å²) in [5, 5.41) is 26.8. The second-order valence-electron chi connectivity index (χ2n) is 5.49. The first-order valence-corrected chi connectivity index (χ1v) is 9.54. The molecule has 0 aliphatic carbocycles. The number of hydrogen-bond acceptors (Lipinski definition) is 6. The number of nitrogens with one attached hydrogen (secondary N) is 2. The zero-order chi connectivity index (χ0) is 20.5. The molecule has 0 fully saturated rings. The lowest BCUT2D eigenvalue weighted by Gasteiger charge is -2.02. The van der Waals surface area contributed by atoms with E-state index in [0.29, 0.717) is 11.1 Å². The Balaban J connectivity index is 1.75. The molecule has 0 atom stereocenters. The zero-order valence-corrected chi connectivity index (χ0v) is 17.6. The van der Waals surface area contributed by atoms with E-state index >= 15 is 0 Å². The van der Waals surface area contributed by atoms with Gasteiger partial charge in [-0.05, 0) is 36.4 Å². The largest absolute Gasteiger partial charge is 0.507 e. The summed E-state index contributed by atoms with van der Waals surface area (Å²) in [6.07, 6.45) is 2.41. The Morgan fingerprint density at radius 2 is 1.21 bits per heavy atom. The van der Waals surface area contributed by atoms with Crippen LogP contribution >= 0.6 is 31.9 Å². The average molecular weight is 512 g/mol. The van der Waals surface area contributed by atoms with Crippen molar-refractivity contribution in [3.05, 3.63) is 56.5 Å². The van der Waals surface area contributed by atoms with E-state index in [1.54, 1.807) is 24.3 Å². The second kappa shape index (κ2) is 10.6. The lowest BCUT2D eigenvalue weighted by Crippen LogP contribution is -2.22. The van der Waals surface area contributed by atoms with Crippen LogP contribution in [0.15, 0.2) is 55.5 Å². The van der Waals surface area contributed by atoms with Gasteiger partial charge in [0.1, 0.15) is 11.5 Å². The maximum absolute atomic E-state index is 11.7. The molecule has 0 aliphatic heterocycles. The molecule has 8 nitrogen and oxygen atoms in total. The van der Waals surface area contributed by atoms with Crippen LogP contribution in [0.1, 0.15) is 24.0 Å². The van der Waals surface area contributed by atoms with Crippen molar-refractivity contribution >= 4 is 56.1 Å². The number of hydrogen-bond donors (Lipinski definition) is 4. The Morgan fingerprint density at radius 1 is 0.821 bits per heavy atom. The van der Waals surface area contributed by atoms with Gasteiger partial charge in [0, 0.05) is 32.9 Å². The molecule has 0 spiro atoms. The van der Waals surface area contributed by atoms with Gasteiger partial charge in [0.05, 0.1) is 12.4 Å². The summed E-state index contributed by atoms with van der Waals surface area (Å²) < 4.78 is 1.51. The molecule has 2 aromatic rings. The molecule has 2 rings (SSSR count). The highest BCUT2D eigenvalue weighted by molar-refractivity contribution is 9.10. The van der Waals surface area contributed by atoms with Gasteiger partial charge in [-0.2, -0.15) is 10.2 Å². The number of carbonyl (C=O) groups excluding carboxylic acids is 2. The number of phenols is 2. The average Bonchev–Trinajstić information content (AvgIpc) is 2.65. The molecular weight excluding hydrogens is 496 g/mol. The maximum Gasteiger partial charge on any atom is 0.240 e. The maximum atomic E-state index is 11.7. The van der Waals surface area contributed by atoms with Crippen molar-refractivity contribution in [3.63, 3.8) is 0 Å². The first-order chi connectivity index (χ1) is 13.3. The SMILES string of the molecule is O=C(CCC(=O)N/N=C\c1cc(Br)ccc1O)N/N=C\c1cc(Br)ccc1O. The van der Waals surface area contributed by atoms with Crippen LogP contribution in [0.5, 0.6) is 11.5 Å². The van der Waals surface area contributed by atoms with E-state index in [4.69, 9.17) is 0 Å². The van der Waals surface area contributed by atoms with E-state index in [2.05, 4.69) is 52.9 Å². The van der Waals surface area contributed by atoms with Crippen molar-refractivity contribution in [3.8, 4) is 11.5 Å². The van der Waals surface area contributed by atoms with E-state index in [9.17, 15) is 19.8 Å². The number of hydrazone groups is 2. The van der Waals surface area contributed by atoms with Gasteiger partial charge in [0.25, 0.3) is 0 Å². The molecule has 0 aliphatic rings. The van der Waals surface area contributed by atoms with Gasteiger partial charge in [0.15, 0.2) is 0 Å². The molecule has 28 heavy (non-hydrogen) atoms. The Kier molecular flexibility index (Phi) is 8.15. The van der Waals surface area contributed by atoms with Gasteiger partial charge >= 0.3 is 0 Å². The second-order valence-corrected chi connectivity index (χ2v) is 7.32. The van der Waals surface area contributed by atoms with Crippen LogP contribution in [0.4, 0.5) is 0 Å². The van der Waals surface area contributed by atoms with E-state index in [1.807, 2.05) is 0 Å². The molecule has 0 radical (unpaired) electrons. The lowest BCUT2D eigenvalue weighted by atomic mass is 10.2. The molecule has 2 amide bonds. The normalized spacial score (nSPS) is 11.1. The van der Waals surface area contributed by atoms with Crippen molar-refractivity contribution in [2.24, 2.45) is 10.2 Å². The van der Waals surface area contributed by atoms with Gasteiger partial charge < -0.3 is 10.2 Å². The number of carbonyl (C=O) groups is 2. The van der Waals surface area contributed by atoms with E-state index < -0.39 is 11.8 Å². The Hall–Kier alpha value is -2.72. The number of rotatable bonds is 7. The minimum absolute atomic E-state index is 0.0231. The zero-order valence-electron chi connectivity index (χ0n) is 14.4. The fourth-order valence-corrected chi connectivity index (χ4v) is 2.70. The molecule has 0 unspecified atom stereocenters. The van der Waals surface area contributed by atoms with Crippen molar-refractivity contribution in [2.75, 3.05) is 0 Å². The van der Waals surface area contributed by atoms with Gasteiger partial charge in [-0.3, -0.25) is 9.59 Å². The van der Waals surface area contributed by atoms with Crippen LogP contribution in [-0.4, -0.2) is 34.5 Å². The molecule has 0 aromatic heterocycles. The van der Waals surface area contributed by atoms with Gasteiger partial charge in [-0.1, -0.05) is 31.9 Å². The molecule has 0 bridgehead atoms. The van der Waals surface area contributed by atoms with Crippen LogP contribution in [0.25, 0.3) is 0 Å². The standard InChI is InChI=1S/C18H16Br2N4O4/c19-13-1-3-15(25)11(7-13)9-21-23-17(27)5-6-18(28)24-22-10-12-8-14(20)2-4-16(12)26/h1-4,7-10,25-26H,5-6H2,(H,23,27)(H,24,28)/b21-9-,22-10-. The predicted molar refractivity (Wildman–Crippen MR) is 112 cm³/mol. The van der Waals surface area contributed by atoms with Gasteiger partial charge in [-0.25, -0.2) is 10.9 Å². The molecule has 146 valence electrons. The highest BCUT2D eigenvalue weighted by atomic mass is 79.9. The summed E-state index contributed by atoms with van der Waals surface area (Å²) in [5.41, 5.74) is 5.41. The number of halogens is 2. The molecule has 0 saturated carbocycles. The number of benzene rings is 2. The number of phenolic OH excluding ortho intramolecular Hbond substituents is 2. The molecule has 10 heteroatoms. The quantitative estimate of drug-likeness (QED) is 0.337. The molecular formula is C18H16Br2N4O4. The third-order valence-corrected chi connectivity index (χ3v) is 4.33. The fraction of sp³-hybridized carbons (Fsp3) is 0.111. The smallest absolute Gasteiger partial charge is 0.240 e. The van der Waals surface area contributed by atoms with Crippen molar-refractivity contribution in [2.45, 2.75) is 12.8 Å². The number of aromatic hydroxyl groups is 2. The first-order valence-electron chi connectivity index (χ1n) is 7.96. The van der Waals surface area contributed by atoms with Crippen LogP contribution in [0.2, 0.25) is 0 Å². The summed E-state index contributed by atoms with van der Waals surface area (Å²) in [6.45, 7) is 0. The molecule has 4 N–H and O–H groups in total. The number of amides is 2. The monoisotopic (exact) mass is 510 g/mol. The molecule has 0 saturated heterocycles. The predicted octanol–water partition coefficient (Wildman–Crippen LogP) is 3.00. The highest BCUT2D eigenvalue weighted by Crippen LogP contribution is 2.20. The summed E-state index contributed by atoms with van der Waals surface area (Å²) in [7, 11) is 0. The third kappa shape index (κ3) is 7.12. The van der Waals surface area contributed by atoms with Crippen LogP contribution in [0, 0.1) is 0 Å². The number of nitrogens with zero attached hydrogens (tertiary/aromatic N) is 2. The third-order valence-electron chi connectivity index (χ3n) is 3.34. The first kappa shape index (κ1) is 21.6. The highest BCUT2D eigenvalue weighted by Gasteiger charge is 2.06. The van der Waals surface area contributed by atoms with Crippen LogP contribution in [-0.2, 0) is 9.59 Å². The van der Waals surface area contributed by atoms with Gasteiger partial charge in [0.2, 0.25) is 11.8 Å². The molecule has 2 aromatic carbocycles.